The molecule has 42 heavy (non-hydrogen) atoms. The highest BCUT2D eigenvalue weighted by molar-refractivity contribution is 6.02. The summed E-state index contributed by atoms with van der Waals surface area (Å²) in [6.07, 6.45) is 4.72. The number of benzene rings is 2. The number of hydrogen-bond donors (Lipinski definition) is 3. The molecule has 0 radical (unpaired) electrons. The number of rotatable bonds is 10. The average molecular weight is 575 g/mol. The van der Waals surface area contributed by atoms with E-state index in [0.29, 0.717) is 46.8 Å². The van der Waals surface area contributed by atoms with Gasteiger partial charge in [0.25, 0.3) is 0 Å². The molecule has 1 fully saturated rings. The number of carbonyl (C=O) groups is 1. The Bertz CT molecular complexity index is 1450. The Kier molecular flexibility index (Phi) is 8.89. The number of anilines is 5. The standard InChI is InChI=1S/C31H39FN8O2/c1-6-31(41)37-25-15-26(29(42-5)17-28(25)40-11-9-21(10-12-40)39(7-2)8-3)36-30-16-24(33-19-34-30)22-13-20-18-35-38(4)27(20)14-23(22)32/h6,13-17,19,21,35H,1,7-12,18H2,2-5H3,(H,37,41)(H,33,34,36). The SMILES string of the molecule is C=CC(=O)Nc1cc(Nc2cc(-c3cc4c(cc3F)N(C)NC4)ncn2)c(OC)cc1N1CCC(N(CC)CC)CC1. The molecule has 0 bridgehead atoms. The summed E-state index contributed by atoms with van der Waals surface area (Å²) in [7, 11) is 3.46. The molecule has 3 heterocycles. The third-order valence-electron chi connectivity index (χ3n) is 8.14. The second-order valence-corrected chi connectivity index (χ2v) is 10.5. The molecule has 1 aromatic heterocycles. The summed E-state index contributed by atoms with van der Waals surface area (Å²) < 4.78 is 20.9. The van der Waals surface area contributed by atoms with Gasteiger partial charge >= 0.3 is 0 Å². The van der Waals surface area contributed by atoms with Crippen molar-refractivity contribution in [3.63, 3.8) is 0 Å². The van der Waals surface area contributed by atoms with E-state index >= 15 is 4.39 Å². The minimum absolute atomic E-state index is 0.304. The van der Waals surface area contributed by atoms with E-state index < -0.39 is 0 Å². The fraction of sp³-hybridized carbons (Fsp3) is 0.387. The van der Waals surface area contributed by atoms with Crippen LogP contribution in [-0.2, 0) is 11.3 Å². The highest BCUT2D eigenvalue weighted by Crippen LogP contribution is 2.40. The lowest BCUT2D eigenvalue weighted by atomic mass is 10.0. The minimum Gasteiger partial charge on any atom is -0.494 e. The molecule has 1 saturated heterocycles. The van der Waals surface area contributed by atoms with Gasteiger partial charge in [0.1, 0.15) is 23.7 Å². The lowest BCUT2D eigenvalue weighted by Crippen LogP contribution is -2.45. The van der Waals surface area contributed by atoms with Crippen molar-refractivity contribution in [1.82, 2.24) is 20.3 Å². The molecule has 2 aliphatic heterocycles. The quantitative estimate of drug-likeness (QED) is 0.291. The molecule has 3 aromatic rings. The predicted octanol–water partition coefficient (Wildman–Crippen LogP) is 4.92. The summed E-state index contributed by atoms with van der Waals surface area (Å²) in [6.45, 7) is 12.4. The number of piperidine rings is 1. The van der Waals surface area contributed by atoms with Crippen molar-refractivity contribution in [3.05, 3.63) is 60.7 Å². The van der Waals surface area contributed by atoms with Crippen LogP contribution in [0, 0.1) is 5.82 Å². The van der Waals surface area contributed by atoms with Crippen molar-refractivity contribution >= 4 is 34.5 Å². The average Bonchev–Trinajstić information content (AvgIpc) is 3.37. The van der Waals surface area contributed by atoms with Gasteiger partial charge in [0.15, 0.2) is 0 Å². The van der Waals surface area contributed by atoms with Gasteiger partial charge in [-0.05, 0) is 55.8 Å². The first kappa shape index (κ1) is 29.3. The molecule has 0 spiro atoms. The number of halogens is 1. The van der Waals surface area contributed by atoms with Crippen LogP contribution in [0.1, 0.15) is 32.3 Å². The van der Waals surface area contributed by atoms with Gasteiger partial charge in [-0.15, -0.1) is 0 Å². The van der Waals surface area contributed by atoms with Crippen LogP contribution in [0.5, 0.6) is 5.75 Å². The van der Waals surface area contributed by atoms with Crippen LogP contribution in [0.2, 0.25) is 0 Å². The Morgan fingerprint density at radius 1 is 1.14 bits per heavy atom. The van der Waals surface area contributed by atoms with E-state index in [1.807, 2.05) is 25.2 Å². The zero-order valence-electron chi connectivity index (χ0n) is 24.7. The Labute approximate surface area is 246 Å². The van der Waals surface area contributed by atoms with Gasteiger partial charge in [0.2, 0.25) is 5.91 Å². The maximum atomic E-state index is 15.1. The van der Waals surface area contributed by atoms with Crippen LogP contribution in [0.4, 0.5) is 33.0 Å². The number of nitrogens with one attached hydrogen (secondary N) is 3. The molecule has 0 unspecified atom stereocenters. The first-order chi connectivity index (χ1) is 20.3. The van der Waals surface area contributed by atoms with Gasteiger partial charge in [-0.2, -0.15) is 0 Å². The first-order valence-corrected chi connectivity index (χ1v) is 14.4. The Balaban J connectivity index is 1.44. The summed E-state index contributed by atoms with van der Waals surface area (Å²) in [5.74, 6) is 0.379. The lowest BCUT2D eigenvalue weighted by Gasteiger charge is -2.39. The molecule has 3 N–H and O–H groups in total. The largest absolute Gasteiger partial charge is 0.494 e. The molecule has 2 aliphatic rings. The minimum atomic E-state index is -0.366. The summed E-state index contributed by atoms with van der Waals surface area (Å²) in [5.41, 5.74) is 7.94. The van der Waals surface area contributed by atoms with Crippen molar-refractivity contribution in [2.24, 2.45) is 0 Å². The van der Waals surface area contributed by atoms with E-state index in [1.54, 1.807) is 18.2 Å². The van der Waals surface area contributed by atoms with E-state index in [9.17, 15) is 4.79 Å². The van der Waals surface area contributed by atoms with Crippen molar-refractivity contribution in [1.29, 1.82) is 0 Å². The molecular formula is C31H39FN8O2. The number of ether oxygens (including phenoxy) is 1. The third kappa shape index (κ3) is 6.02. The second kappa shape index (κ2) is 12.7. The van der Waals surface area contributed by atoms with E-state index in [-0.39, 0.29) is 11.7 Å². The monoisotopic (exact) mass is 574 g/mol. The Morgan fingerprint density at radius 2 is 1.90 bits per heavy atom. The van der Waals surface area contributed by atoms with Crippen LogP contribution in [0.25, 0.3) is 11.3 Å². The summed E-state index contributed by atoms with van der Waals surface area (Å²) in [4.78, 5) is 25.9. The molecule has 10 nitrogen and oxygen atoms in total. The number of hydrazine groups is 1. The molecule has 222 valence electrons. The molecule has 0 atom stereocenters. The smallest absolute Gasteiger partial charge is 0.247 e. The molecular weight excluding hydrogens is 535 g/mol. The number of methoxy groups -OCH3 is 1. The lowest BCUT2D eigenvalue weighted by molar-refractivity contribution is -0.111. The number of hydrogen-bond acceptors (Lipinski definition) is 9. The molecule has 2 aromatic carbocycles. The third-order valence-corrected chi connectivity index (χ3v) is 8.14. The van der Waals surface area contributed by atoms with Gasteiger partial charge < -0.3 is 30.2 Å². The summed E-state index contributed by atoms with van der Waals surface area (Å²) >= 11 is 0. The van der Waals surface area contributed by atoms with E-state index in [1.165, 1.54) is 18.5 Å². The molecule has 0 saturated carbocycles. The van der Waals surface area contributed by atoms with Gasteiger partial charge in [-0.1, -0.05) is 20.4 Å². The second-order valence-electron chi connectivity index (χ2n) is 10.5. The fourth-order valence-electron chi connectivity index (χ4n) is 5.85. The van der Waals surface area contributed by atoms with Crippen molar-refractivity contribution in [2.75, 3.05) is 60.9 Å². The number of fused-ring (bicyclic) bond motifs is 1. The van der Waals surface area contributed by atoms with E-state index in [2.05, 4.69) is 56.3 Å². The zero-order chi connectivity index (χ0) is 29.8. The van der Waals surface area contributed by atoms with Crippen LogP contribution < -0.4 is 30.7 Å². The molecule has 11 heteroatoms. The number of nitrogens with zero attached hydrogens (tertiary/aromatic N) is 5. The van der Waals surface area contributed by atoms with Gasteiger partial charge in [0, 0.05) is 50.4 Å². The maximum Gasteiger partial charge on any atom is 0.247 e. The highest BCUT2D eigenvalue weighted by Gasteiger charge is 2.26. The molecule has 0 aliphatic carbocycles. The topological polar surface area (TPSA) is 97.9 Å². The van der Waals surface area contributed by atoms with Crippen LogP contribution >= 0.6 is 0 Å². The Hall–Kier alpha value is -4.22. The number of amides is 1. The molecule has 1 amide bonds. The van der Waals surface area contributed by atoms with Crippen molar-refractivity contribution in [2.45, 2.75) is 39.3 Å². The number of aromatic nitrogens is 2. The zero-order valence-corrected chi connectivity index (χ0v) is 24.7. The fourth-order valence-corrected chi connectivity index (χ4v) is 5.85. The number of carbonyl (C=O) groups excluding carboxylic acids is 1. The highest BCUT2D eigenvalue weighted by atomic mass is 19.1. The van der Waals surface area contributed by atoms with E-state index in [4.69, 9.17) is 4.74 Å². The van der Waals surface area contributed by atoms with Crippen molar-refractivity contribution in [3.8, 4) is 17.0 Å². The van der Waals surface area contributed by atoms with Crippen LogP contribution in [0.15, 0.2) is 49.3 Å². The summed E-state index contributed by atoms with van der Waals surface area (Å²) in [5, 5.41) is 8.06. The van der Waals surface area contributed by atoms with Gasteiger partial charge in [-0.3, -0.25) is 4.79 Å². The Morgan fingerprint density at radius 3 is 2.60 bits per heavy atom. The predicted molar refractivity (Wildman–Crippen MR) is 166 cm³/mol. The molecule has 5 rings (SSSR count). The van der Waals surface area contributed by atoms with Crippen LogP contribution in [0.3, 0.4) is 0 Å². The van der Waals surface area contributed by atoms with Gasteiger partial charge in [0.05, 0.1) is 35.6 Å². The normalized spacial score (nSPS) is 15.1. The first-order valence-electron chi connectivity index (χ1n) is 14.4. The van der Waals surface area contributed by atoms with E-state index in [0.717, 1.165) is 56.0 Å². The van der Waals surface area contributed by atoms with Crippen LogP contribution in [-0.4, -0.2) is 67.2 Å². The maximum absolute atomic E-state index is 15.1. The van der Waals surface area contributed by atoms with Gasteiger partial charge in [-0.25, -0.2) is 19.8 Å². The summed E-state index contributed by atoms with van der Waals surface area (Å²) in [6, 6.07) is 9.35. The van der Waals surface area contributed by atoms with Crippen molar-refractivity contribution < 1.29 is 13.9 Å².